The van der Waals surface area contributed by atoms with Gasteiger partial charge in [0.15, 0.2) is 0 Å². The molecule has 33 heavy (non-hydrogen) atoms. The van der Waals surface area contributed by atoms with E-state index >= 15 is 0 Å². The molecule has 0 N–H and O–H groups in total. The van der Waals surface area contributed by atoms with Crippen molar-refractivity contribution in [2.75, 3.05) is 24.5 Å². The molecule has 2 aromatic rings. The van der Waals surface area contributed by atoms with Gasteiger partial charge in [0, 0.05) is 25.8 Å². The molecule has 2 aliphatic heterocycles. The van der Waals surface area contributed by atoms with Crippen LogP contribution < -0.4 is 10.5 Å². The van der Waals surface area contributed by atoms with Gasteiger partial charge in [0.1, 0.15) is 15.8 Å². The second-order valence-corrected chi connectivity index (χ2v) is 10.5. The zero-order valence-corrected chi connectivity index (χ0v) is 21.1. The predicted octanol–water partition coefficient (Wildman–Crippen LogP) is 5.16. The van der Waals surface area contributed by atoms with Crippen LogP contribution in [-0.2, 0) is 4.79 Å². The Morgan fingerprint density at radius 2 is 1.85 bits per heavy atom. The SMILES string of the molecule is CCCCCCCCN1C(=O)C(=Cc2c(N3CCCC3)nc3c(C)cccn3c2=O)SC1=S. The number of thiocarbonyl (C=S) groups is 1. The smallest absolute Gasteiger partial charge is 0.267 e. The lowest BCUT2D eigenvalue weighted by Crippen LogP contribution is -2.29. The molecule has 176 valence electrons. The first-order chi connectivity index (χ1) is 16.0. The number of unbranched alkanes of at least 4 members (excludes halogenated alkanes) is 5. The molecule has 4 rings (SSSR count). The average molecular weight is 485 g/mol. The minimum Gasteiger partial charge on any atom is -0.356 e. The van der Waals surface area contributed by atoms with Gasteiger partial charge in [-0.2, -0.15) is 0 Å². The van der Waals surface area contributed by atoms with E-state index in [0.29, 0.717) is 32.8 Å². The third kappa shape index (κ3) is 5.17. The average Bonchev–Trinajstić information content (AvgIpc) is 3.42. The van der Waals surface area contributed by atoms with Crippen LogP contribution >= 0.6 is 24.0 Å². The molecule has 2 aromatic heterocycles. The summed E-state index contributed by atoms with van der Waals surface area (Å²) in [5, 5.41) is 0. The van der Waals surface area contributed by atoms with Gasteiger partial charge in [-0.15, -0.1) is 0 Å². The zero-order chi connectivity index (χ0) is 23.4. The Labute approximate surface area is 205 Å². The summed E-state index contributed by atoms with van der Waals surface area (Å²) in [7, 11) is 0. The van der Waals surface area contributed by atoms with Crippen LogP contribution in [0.25, 0.3) is 11.7 Å². The summed E-state index contributed by atoms with van der Waals surface area (Å²) in [6.07, 6.45) is 12.6. The van der Waals surface area contributed by atoms with Crippen molar-refractivity contribution in [3.63, 3.8) is 0 Å². The van der Waals surface area contributed by atoms with E-state index in [9.17, 15) is 9.59 Å². The molecule has 0 radical (unpaired) electrons. The first-order valence-corrected chi connectivity index (χ1v) is 13.3. The first kappa shape index (κ1) is 24.0. The molecule has 0 aliphatic carbocycles. The fraction of sp³-hybridized carbons (Fsp3) is 0.520. The van der Waals surface area contributed by atoms with Crippen LogP contribution in [0.2, 0.25) is 0 Å². The number of amides is 1. The van der Waals surface area contributed by atoms with Crippen molar-refractivity contribution < 1.29 is 4.79 Å². The van der Waals surface area contributed by atoms with E-state index < -0.39 is 0 Å². The molecule has 2 saturated heterocycles. The first-order valence-electron chi connectivity index (χ1n) is 12.0. The van der Waals surface area contributed by atoms with Gasteiger partial charge in [0.05, 0.1) is 10.5 Å². The fourth-order valence-corrected chi connectivity index (χ4v) is 5.76. The molecular weight excluding hydrogens is 452 g/mol. The number of aryl methyl sites for hydroxylation is 1. The number of thioether (sulfide) groups is 1. The maximum Gasteiger partial charge on any atom is 0.267 e. The third-order valence-corrected chi connectivity index (χ3v) is 7.73. The summed E-state index contributed by atoms with van der Waals surface area (Å²) in [5.41, 5.74) is 1.94. The van der Waals surface area contributed by atoms with Crippen LogP contribution in [0.15, 0.2) is 28.0 Å². The van der Waals surface area contributed by atoms with Gasteiger partial charge in [0.2, 0.25) is 0 Å². The van der Waals surface area contributed by atoms with E-state index in [-0.39, 0.29) is 11.5 Å². The number of anilines is 1. The second-order valence-electron chi connectivity index (χ2n) is 8.83. The van der Waals surface area contributed by atoms with Gasteiger partial charge in [-0.1, -0.05) is 69.1 Å². The van der Waals surface area contributed by atoms with Crippen LogP contribution in [-0.4, -0.2) is 44.1 Å². The number of pyridine rings is 1. The maximum atomic E-state index is 13.5. The quantitative estimate of drug-likeness (QED) is 0.278. The fourth-order valence-electron chi connectivity index (χ4n) is 4.47. The summed E-state index contributed by atoms with van der Waals surface area (Å²) in [4.78, 5) is 35.9. The van der Waals surface area contributed by atoms with E-state index in [1.807, 2.05) is 19.1 Å². The highest BCUT2D eigenvalue weighted by Crippen LogP contribution is 2.34. The second kappa shape index (κ2) is 10.8. The molecular formula is C25H32N4O2S2. The van der Waals surface area contributed by atoms with Crippen LogP contribution in [0.4, 0.5) is 5.82 Å². The van der Waals surface area contributed by atoms with Gasteiger partial charge in [0.25, 0.3) is 11.5 Å². The maximum absolute atomic E-state index is 13.5. The van der Waals surface area contributed by atoms with E-state index in [4.69, 9.17) is 17.2 Å². The van der Waals surface area contributed by atoms with E-state index in [1.165, 1.54) is 37.4 Å². The Hall–Kier alpha value is -2.19. The van der Waals surface area contributed by atoms with Crippen LogP contribution in [0.1, 0.15) is 69.4 Å². The summed E-state index contributed by atoms with van der Waals surface area (Å²) < 4.78 is 2.16. The Morgan fingerprint density at radius 1 is 1.12 bits per heavy atom. The molecule has 8 heteroatoms. The number of aromatic nitrogens is 2. The van der Waals surface area contributed by atoms with Crippen molar-refractivity contribution in [1.82, 2.24) is 14.3 Å². The van der Waals surface area contributed by atoms with Crippen LogP contribution in [0, 0.1) is 6.92 Å². The molecule has 0 aromatic carbocycles. The summed E-state index contributed by atoms with van der Waals surface area (Å²) in [6.45, 7) is 6.55. The van der Waals surface area contributed by atoms with Gasteiger partial charge >= 0.3 is 0 Å². The van der Waals surface area contributed by atoms with Gasteiger partial charge in [-0.05, 0) is 43.9 Å². The van der Waals surface area contributed by atoms with Crippen molar-refractivity contribution >= 4 is 51.7 Å². The minimum atomic E-state index is -0.146. The van der Waals surface area contributed by atoms with Gasteiger partial charge in [-0.3, -0.25) is 18.9 Å². The standard InChI is InChI=1S/C25H32N4O2S2/c1-3-4-5-6-7-8-15-29-24(31)20(33-25(29)32)17-19-22(27-13-9-10-14-27)26-21-18(2)12-11-16-28(21)23(19)30/h11-12,16-17H,3-10,13-15H2,1-2H3. The molecule has 0 bridgehead atoms. The van der Waals surface area contributed by atoms with Crippen LogP contribution in [0.3, 0.4) is 0 Å². The number of hydrogen-bond acceptors (Lipinski definition) is 6. The van der Waals surface area contributed by atoms with Crippen molar-refractivity contribution in [1.29, 1.82) is 0 Å². The summed E-state index contributed by atoms with van der Waals surface area (Å²) in [6, 6.07) is 3.81. The minimum absolute atomic E-state index is 0.0975. The highest BCUT2D eigenvalue weighted by molar-refractivity contribution is 8.26. The van der Waals surface area contributed by atoms with Crippen molar-refractivity contribution in [2.45, 2.75) is 65.2 Å². The topological polar surface area (TPSA) is 57.9 Å². The number of fused-ring (bicyclic) bond motifs is 1. The van der Waals surface area contributed by atoms with E-state index in [1.54, 1.807) is 21.6 Å². The molecule has 2 fully saturated rings. The lowest BCUT2D eigenvalue weighted by atomic mass is 10.1. The number of nitrogens with zero attached hydrogens (tertiary/aromatic N) is 4. The van der Waals surface area contributed by atoms with Gasteiger partial charge in [-0.25, -0.2) is 4.98 Å². The van der Waals surface area contributed by atoms with E-state index in [2.05, 4.69) is 11.8 Å². The van der Waals surface area contributed by atoms with Crippen LogP contribution in [0.5, 0.6) is 0 Å². The Bertz CT molecular complexity index is 1140. The molecule has 2 aliphatic rings. The molecule has 0 spiro atoms. The Kier molecular flexibility index (Phi) is 7.86. The van der Waals surface area contributed by atoms with Crippen molar-refractivity contribution in [3.05, 3.63) is 44.7 Å². The Balaban J connectivity index is 1.62. The molecule has 4 heterocycles. The number of hydrogen-bond donors (Lipinski definition) is 0. The summed E-state index contributed by atoms with van der Waals surface area (Å²) >= 11 is 6.81. The lowest BCUT2D eigenvalue weighted by molar-refractivity contribution is -0.122. The van der Waals surface area contributed by atoms with Gasteiger partial charge < -0.3 is 4.90 Å². The van der Waals surface area contributed by atoms with Crippen molar-refractivity contribution in [3.8, 4) is 0 Å². The molecule has 6 nitrogen and oxygen atoms in total. The highest BCUT2D eigenvalue weighted by atomic mass is 32.2. The van der Waals surface area contributed by atoms with Crippen molar-refractivity contribution in [2.24, 2.45) is 0 Å². The molecule has 0 unspecified atom stereocenters. The Morgan fingerprint density at radius 3 is 2.61 bits per heavy atom. The molecule has 0 atom stereocenters. The summed E-state index contributed by atoms with van der Waals surface area (Å²) in [5.74, 6) is 0.577. The predicted molar refractivity (Wildman–Crippen MR) is 141 cm³/mol. The molecule has 1 amide bonds. The zero-order valence-electron chi connectivity index (χ0n) is 19.5. The highest BCUT2D eigenvalue weighted by Gasteiger charge is 2.32. The molecule has 0 saturated carbocycles. The number of carbonyl (C=O) groups is 1. The monoisotopic (exact) mass is 484 g/mol. The number of rotatable bonds is 9. The van der Waals surface area contributed by atoms with E-state index in [0.717, 1.165) is 44.3 Å². The third-order valence-electron chi connectivity index (χ3n) is 6.35. The largest absolute Gasteiger partial charge is 0.356 e. The lowest BCUT2D eigenvalue weighted by Gasteiger charge is -2.20. The number of carbonyl (C=O) groups excluding carboxylic acids is 1. The normalized spacial score (nSPS) is 17.8.